The van der Waals surface area contributed by atoms with Crippen molar-refractivity contribution >= 4 is 23.1 Å². The maximum absolute atomic E-state index is 13.1. The molecule has 0 unspecified atom stereocenters. The van der Waals surface area contributed by atoms with Gasteiger partial charge < -0.3 is 11.1 Å². The lowest BCUT2D eigenvalue weighted by molar-refractivity contribution is -0.141. The van der Waals surface area contributed by atoms with Crippen molar-refractivity contribution in [2.45, 2.75) is 39.4 Å². The van der Waals surface area contributed by atoms with Gasteiger partial charge in [0.25, 0.3) is 0 Å². The van der Waals surface area contributed by atoms with Crippen LogP contribution in [0.25, 0.3) is 5.69 Å². The molecule has 0 aliphatic carbocycles. The van der Waals surface area contributed by atoms with E-state index < -0.39 is 11.9 Å². The molecule has 1 aromatic carbocycles. The standard InChI is InChI=1S/C19H20ClF3N6/c1-10(2)14-8-15(19(21,22)23)28-29(14)13-6-4-12(5-7-13)9-25-17-16(24)11(3)26-18(20)27-17/h4-8,10H,9,24H2,1-3H3,(H,25,26,27). The van der Waals surface area contributed by atoms with E-state index in [1.807, 2.05) is 13.8 Å². The van der Waals surface area contributed by atoms with Crippen molar-refractivity contribution in [2.24, 2.45) is 0 Å². The van der Waals surface area contributed by atoms with E-state index in [9.17, 15) is 13.2 Å². The number of alkyl halides is 3. The van der Waals surface area contributed by atoms with Gasteiger partial charge in [0.05, 0.1) is 17.1 Å². The Bertz CT molecular complexity index is 1010. The monoisotopic (exact) mass is 424 g/mol. The molecule has 0 radical (unpaired) electrons. The summed E-state index contributed by atoms with van der Waals surface area (Å²) in [7, 11) is 0. The normalized spacial score (nSPS) is 11.9. The van der Waals surface area contributed by atoms with Crippen LogP contribution in [-0.4, -0.2) is 19.7 Å². The lowest BCUT2D eigenvalue weighted by Gasteiger charge is -2.12. The number of nitrogens with one attached hydrogen (secondary N) is 1. The van der Waals surface area contributed by atoms with Crippen LogP contribution in [-0.2, 0) is 12.7 Å². The van der Waals surface area contributed by atoms with Crippen LogP contribution in [0, 0.1) is 6.92 Å². The highest BCUT2D eigenvalue weighted by atomic mass is 35.5. The zero-order valence-electron chi connectivity index (χ0n) is 16.0. The highest BCUT2D eigenvalue weighted by Crippen LogP contribution is 2.31. The van der Waals surface area contributed by atoms with Crippen molar-refractivity contribution in [3.63, 3.8) is 0 Å². The largest absolute Gasteiger partial charge is 0.435 e. The second kappa shape index (κ2) is 7.90. The third-order valence-corrected chi connectivity index (χ3v) is 4.54. The summed E-state index contributed by atoms with van der Waals surface area (Å²) in [5.74, 6) is 0.309. The van der Waals surface area contributed by atoms with Crippen molar-refractivity contribution in [1.29, 1.82) is 0 Å². The maximum atomic E-state index is 13.1. The molecule has 0 atom stereocenters. The van der Waals surface area contributed by atoms with Crippen molar-refractivity contribution in [1.82, 2.24) is 19.7 Å². The van der Waals surface area contributed by atoms with E-state index in [2.05, 4.69) is 20.4 Å². The highest BCUT2D eigenvalue weighted by molar-refractivity contribution is 6.28. The molecule has 3 N–H and O–H groups in total. The van der Waals surface area contributed by atoms with Gasteiger partial charge in [0, 0.05) is 12.2 Å². The number of anilines is 2. The summed E-state index contributed by atoms with van der Waals surface area (Å²) in [5.41, 5.74) is 7.94. The smallest absolute Gasteiger partial charge is 0.394 e. The van der Waals surface area contributed by atoms with E-state index in [4.69, 9.17) is 17.3 Å². The molecule has 3 aromatic rings. The molecule has 2 heterocycles. The number of nitrogens with two attached hydrogens (primary N) is 1. The van der Waals surface area contributed by atoms with Gasteiger partial charge >= 0.3 is 6.18 Å². The predicted octanol–water partition coefficient (Wildman–Crippen LogP) is 4.96. The van der Waals surface area contributed by atoms with Gasteiger partial charge in [-0.05, 0) is 48.2 Å². The van der Waals surface area contributed by atoms with Gasteiger partial charge in [0.15, 0.2) is 11.5 Å². The van der Waals surface area contributed by atoms with E-state index in [0.717, 1.165) is 11.6 Å². The topological polar surface area (TPSA) is 81.7 Å². The Hall–Kier alpha value is -2.81. The molecule has 0 amide bonds. The van der Waals surface area contributed by atoms with Gasteiger partial charge in [-0.15, -0.1) is 0 Å². The summed E-state index contributed by atoms with van der Waals surface area (Å²) in [4.78, 5) is 8.04. The molecular weight excluding hydrogens is 405 g/mol. The van der Waals surface area contributed by atoms with Crippen molar-refractivity contribution < 1.29 is 13.2 Å². The van der Waals surface area contributed by atoms with Gasteiger partial charge in [0.1, 0.15) is 0 Å². The summed E-state index contributed by atoms with van der Waals surface area (Å²) in [6.07, 6.45) is -4.49. The van der Waals surface area contributed by atoms with E-state index in [1.165, 1.54) is 4.68 Å². The van der Waals surface area contributed by atoms with Gasteiger partial charge in [-0.3, -0.25) is 0 Å². The van der Waals surface area contributed by atoms with Crippen LogP contribution in [0.15, 0.2) is 30.3 Å². The molecule has 0 saturated carbocycles. The summed E-state index contributed by atoms with van der Waals surface area (Å²) >= 11 is 5.86. The van der Waals surface area contributed by atoms with Gasteiger partial charge in [-0.2, -0.15) is 23.3 Å². The summed E-state index contributed by atoms with van der Waals surface area (Å²) in [6, 6.07) is 8.12. The lowest BCUT2D eigenvalue weighted by atomic mass is 10.1. The average Bonchev–Trinajstić information content (AvgIpc) is 3.10. The summed E-state index contributed by atoms with van der Waals surface area (Å²) in [5, 5.41) is 6.94. The van der Waals surface area contributed by atoms with E-state index in [-0.39, 0.29) is 11.2 Å². The van der Waals surface area contributed by atoms with Crippen LogP contribution in [0.1, 0.15) is 42.4 Å². The van der Waals surface area contributed by atoms with Crippen molar-refractivity contribution in [3.05, 3.63) is 58.3 Å². The van der Waals surface area contributed by atoms with Gasteiger partial charge in [-0.1, -0.05) is 26.0 Å². The van der Waals surface area contributed by atoms with Crippen LogP contribution in [0.4, 0.5) is 24.7 Å². The Morgan fingerprint density at radius 1 is 1.17 bits per heavy atom. The first-order valence-corrected chi connectivity index (χ1v) is 9.24. The van der Waals surface area contributed by atoms with E-state index in [0.29, 0.717) is 35.1 Å². The molecule has 0 saturated heterocycles. The second-order valence-electron chi connectivity index (χ2n) is 6.88. The first-order chi connectivity index (χ1) is 13.6. The van der Waals surface area contributed by atoms with Crippen molar-refractivity contribution in [3.8, 4) is 5.69 Å². The Morgan fingerprint density at radius 2 is 1.83 bits per heavy atom. The minimum atomic E-state index is -4.49. The fraction of sp³-hybridized carbons (Fsp3) is 0.316. The molecule has 3 rings (SSSR count). The molecule has 0 spiro atoms. The quantitative estimate of drug-likeness (QED) is 0.566. The van der Waals surface area contributed by atoms with Crippen LogP contribution in [0.2, 0.25) is 5.28 Å². The van der Waals surface area contributed by atoms with E-state index >= 15 is 0 Å². The van der Waals surface area contributed by atoms with Gasteiger partial charge in [0.2, 0.25) is 5.28 Å². The molecule has 0 fully saturated rings. The molecule has 0 aliphatic heterocycles. The van der Waals surface area contributed by atoms with Crippen molar-refractivity contribution in [2.75, 3.05) is 11.1 Å². The molecule has 154 valence electrons. The zero-order chi connectivity index (χ0) is 21.3. The fourth-order valence-corrected chi connectivity index (χ4v) is 2.99. The number of aryl methyl sites for hydroxylation is 1. The number of nitrogens with zero attached hydrogens (tertiary/aromatic N) is 4. The Morgan fingerprint density at radius 3 is 2.41 bits per heavy atom. The number of benzene rings is 1. The van der Waals surface area contributed by atoms with Crippen LogP contribution >= 0.6 is 11.6 Å². The molecule has 6 nitrogen and oxygen atoms in total. The molecule has 29 heavy (non-hydrogen) atoms. The zero-order valence-corrected chi connectivity index (χ0v) is 16.8. The Labute approximate surface area is 170 Å². The third-order valence-electron chi connectivity index (χ3n) is 4.37. The first-order valence-electron chi connectivity index (χ1n) is 8.86. The molecule has 10 heteroatoms. The summed E-state index contributed by atoms with van der Waals surface area (Å²) < 4.78 is 40.5. The maximum Gasteiger partial charge on any atom is 0.435 e. The SMILES string of the molecule is Cc1nc(Cl)nc(NCc2ccc(-n3nc(C(F)(F)F)cc3C(C)C)cc2)c1N. The number of hydrogen-bond donors (Lipinski definition) is 2. The summed E-state index contributed by atoms with van der Waals surface area (Å²) in [6.45, 7) is 5.78. The number of nitrogen functional groups attached to an aromatic ring is 1. The Kier molecular flexibility index (Phi) is 5.70. The highest BCUT2D eigenvalue weighted by Gasteiger charge is 2.35. The van der Waals surface area contributed by atoms with Gasteiger partial charge in [-0.25, -0.2) is 9.67 Å². The number of aromatic nitrogens is 4. The van der Waals surface area contributed by atoms with Crippen LogP contribution < -0.4 is 11.1 Å². The van der Waals surface area contributed by atoms with Crippen LogP contribution in [0.3, 0.4) is 0 Å². The molecular formula is C19H20ClF3N6. The number of hydrogen-bond acceptors (Lipinski definition) is 5. The molecule has 0 bridgehead atoms. The lowest BCUT2D eigenvalue weighted by Crippen LogP contribution is -2.09. The first kappa shape index (κ1) is 20.9. The van der Waals surface area contributed by atoms with E-state index in [1.54, 1.807) is 31.2 Å². The Balaban J connectivity index is 1.82. The molecule has 0 aliphatic rings. The average molecular weight is 425 g/mol. The number of halogens is 4. The molecule has 2 aromatic heterocycles. The predicted molar refractivity (Wildman–Crippen MR) is 106 cm³/mol. The minimum Gasteiger partial charge on any atom is -0.394 e. The number of rotatable bonds is 5. The van der Waals surface area contributed by atoms with Crippen LogP contribution in [0.5, 0.6) is 0 Å². The third kappa shape index (κ3) is 4.61. The second-order valence-corrected chi connectivity index (χ2v) is 7.22. The fourth-order valence-electron chi connectivity index (χ4n) is 2.78. The minimum absolute atomic E-state index is 0.0925.